The van der Waals surface area contributed by atoms with Crippen molar-refractivity contribution in [3.05, 3.63) is 0 Å². The minimum Gasteiger partial charge on any atom is -0.481 e. The normalized spacial score (nSPS) is 13.5. The molecule has 0 fully saturated rings. The van der Waals surface area contributed by atoms with E-state index in [1.54, 1.807) is 13.8 Å². The lowest BCUT2D eigenvalue weighted by molar-refractivity contribution is -0.146. The molecule has 0 rings (SSSR count). The number of nitrogens with two attached hydrogens (primary N) is 1. The van der Waals surface area contributed by atoms with Crippen LogP contribution in [0.1, 0.15) is 34.1 Å². The highest BCUT2D eigenvalue weighted by Crippen LogP contribution is 2.15. The minimum absolute atomic E-state index is 0.121. The molecule has 5 heteroatoms. The van der Waals surface area contributed by atoms with Gasteiger partial charge in [-0.1, -0.05) is 13.8 Å². The summed E-state index contributed by atoms with van der Waals surface area (Å²) in [5.74, 6) is -0.928. The van der Waals surface area contributed by atoms with Gasteiger partial charge in [-0.15, -0.1) is 0 Å². The molecule has 5 nitrogen and oxygen atoms in total. The van der Waals surface area contributed by atoms with Crippen LogP contribution in [0.5, 0.6) is 0 Å². The summed E-state index contributed by atoms with van der Waals surface area (Å²) in [6.07, 6.45) is 0.718. The van der Waals surface area contributed by atoms with E-state index in [-0.39, 0.29) is 24.9 Å². The summed E-state index contributed by atoms with van der Waals surface area (Å²) in [5.41, 5.74) is 4.59. The van der Waals surface area contributed by atoms with E-state index in [1.165, 1.54) is 0 Å². The van der Waals surface area contributed by atoms with Crippen LogP contribution >= 0.6 is 0 Å². The van der Waals surface area contributed by atoms with E-state index in [4.69, 9.17) is 10.8 Å². The monoisotopic (exact) mass is 244 g/mol. The van der Waals surface area contributed by atoms with Crippen LogP contribution in [0.3, 0.4) is 0 Å². The Morgan fingerprint density at radius 1 is 1.35 bits per heavy atom. The van der Waals surface area contributed by atoms with E-state index < -0.39 is 11.4 Å². The molecular weight excluding hydrogens is 220 g/mol. The smallest absolute Gasteiger partial charge is 0.310 e. The fraction of sp³-hybridized carbons (Fsp3) is 0.833. The van der Waals surface area contributed by atoms with Crippen molar-refractivity contribution in [1.29, 1.82) is 0 Å². The van der Waals surface area contributed by atoms with Crippen LogP contribution in [0.15, 0.2) is 0 Å². The maximum Gasteiger partial charge on any atom is 0.310 e. The number of carboxylic acids is 1. The second kappa shape index (κ2) is 6.59. The van der Waals surface area contributed by atoms with Gasteiger partial charge in [0.15, 0.2) is 0 Å². The molecule has 0 saturated carbocycles. The van der Waals surface area contributed by atoms with Crippen LogP contribution in [0.4, 0.5) is 0 Å². The number of carboxylic acid groups (broad SMARTS) is 1. The second-order valence-corrected chi connectivity index (χ2v) is 5.47. The van der Waals surface area contributed by atoms with Crippen LogP contribution in [-0.4, -0.2) is 30.1 Å². The molecule has 0 aliphatic carbocycles. The molecule has 1 amide bonds. The Morgan fingerprint density at radius 2 is 1.88 bits per heavy atom. The predicted octanol–water partition coefficient (Wildman–Crippen LogP) is 0.834. The lowest BCUT2D eigenvalue weighted by Crippen LogP contribution is -2.43. The molecular formula is C12H24N2O3. The Labute approximate surface area is 103 Å². The maximum absolute atomic E-state index is 11.8. The standard InChI is InChI=1S/C12H24N2O3/c1-8(2)5-9(6-13)10(15)14-7-12(3,4)11(16)17/h8-9H,5-7,13H2,1-4H3,(H,14,15)(H,16,17). The Kier molecular flexibility index (Phi) is 6.16. The van der Waals surface area contributed by atoms with Crippen LogP contribution in [0, 0.1) is 17.3 Å². The van der Waals surface area contributed by atoms with Crippen LogP contribution < -0.4 is 11.1 Å². The summed E-state index contributed by atoms with van der Waals surface area (Å²) in [4.78, 5) is 22.7. The van der Waals surface area contributed by atoms with E-state index in [1.807, 2.05) is 13.8 Å². The summed E-state index contributed by atoms with van der Waals surface area (Å²) >= 11 is 0. The van der Waals surface area contributed by atoms with Gasteiger partial charge >= 0.3 is 5.97 Å². The number of carbonyl (C=O) groups excluding carboxylic acids is 1. The van der Waals surface area contributed by atoms with Gasteiger partial charge in [0.05, 0.1) is 11.3 Å². The molecule has 0 aromatic heterocycles. The number of rotatable bonds is 7. The molecule has 0 aromatic carbocycles. The van der Waals surface area contributed by atoms with Gasteiger partial charge in [-0.25, -0.2) is 0 Å². The van der Waals surface area contributed by atoms with Crippen molar-refractivity contribution >= 4 is 11.9 Å². The number of carbonyl (C=O) groups is 2. The Hall–Kier alpha value is -1.10. The van der Waals surface area contributed by atoms with Gasteiger partial charge in [0, 0.05) is 13.1 Å². The van der Waals surface area contributed by atoms with E-state index in [0.717, 1.165) is 6.42 Å². The molecule has 0 saturated heterocycles. The Balaban J connectivity index is 4.29. The predicted molar refractivity (Wildman–Crippen MR) is 66.4 cm³/mol. The molecule has 0 spiro atoms. The van der Waals surface area contributed by atoms with Crippen molar-refractivity contribution in [2.24, 2.45) is 23.0 Å². The summed E-state index contributed by atoms with van der Waals surface area (Å²) in [6, 6.07) is 0. The summed E-state index contributed by atoms with van der Waals surface area (Å²) in [7, 11) is 0. The van der Waals surface area contributed by atoms with Crippen LogP contribution in [0.25, 0.3) is 0 Å². The summed E-state index contributed by atoms with van der Waals surface area (Å²) < 4.78 is 0. The van der Waals surface area contributed by atoms with Crippen molar-refractivity contribution < 1.29 is 14.7 Å². The van der Waals surface area contributed by atoms with E-state index in [0.29, 0.717) is 5.92 Å². The first-order valence-corrected chi connectivity index (χ1v) is 5.92. The van der Waals surface area contributed by atoms with Gasteiger partial charge in [-0.3, -0.25) is 9.59 Å². The molecule has 0 aromatic rings. The minimum atomic E-state index is -0.952. The average Bonchev–Trinajstić information content (AvgIpc) is 2.22. The molecule has 0 aliphatic heterocycles. The second-order valence-electron chi connectivity index (χ2n) is 5.47. The van der Waals surface area contributed by atoms with Crippen molar-refractivity contribution in [1.82, 2.24) is 5.32 Å². The van der Waals surface area contributed by atoms with E-state index in [2.05, 4.69) is 5.32 Å². The third-order valence-corrected chi connectivity index (χ3v) is 2.69. The summed E-state index contributed by atoms with van der Waals surface area (Å²) in [6.45, 7) is 7.62. The third-order valence-electron chi connectivity index (χ3n) is 2.69. The van der Waals surface area contributed by atoms with Gasteiger partial charge in [-0.05, 0) is 26.2 Å². The Bertz CT molecular complexity index is 275. The average molecular weight is 244 g/mol. The van der Waals surface area contributed by atoms with Crippen LogP contribution in [0.2, 0.25) is 0 Å². The lowest BCUT2D eigenvalue weighted by atomic mass is 9.92. The first kappa shape index (κ1) is 15.9. The van der Waals surface area contributed by atoms with Gasteiger partial charge in [-0.2, -0.15) is 0 Å². The fourth-order valence-corrected chi connectivity index (χ4v) is 1.41. The van der Waals surface area contributed by atoms with Gasteiger partial charge in [0.1, 0.15) is 0 Å². The molecule has 0 radical (unpaired) electrons. The highest BCUT2D eigenvalue weighted by molar-refractivity contribution is 5.80. The number of amides is 1. The topological polar surface area (TPSA) is 92.4 Å². The molecule has 0 aliphatic rings. The number of hydrogen-bond acceptors (Lipinski definition) is 3. The zero-order chi connectivity index (χ0) is 13.6. The number of hydrogen-bond donors (Lipinski definition) is 3. The zero-order valence-electron chi connectivity index (χ0n) is 11.1. The van der Waals surface area contributed by atoms with Gasteiger partial charge in [0.2, 0.25) is 5.91 Å². The SMILES string of the molecule is CC(C)CC(CN)C(=O)NCC(C)(C)C(=O)O. The van der Waals surface area contributed by atoms with Crippen molar-refractivity contribution in [2.75, 3.05) is 13.1 Å². The number of aliphatic carboxylic acids is 1. The largest absolute Gasteiger partial charge is 0.481 e. The maximum atomic E-state index is 11.8. The Morgan fingerprint density at radius 3 is 2.24 bits per heavy atom. The number of nitrogens with one attached hydrogen (secondary N) is 1. The first-order chi connectivity index (χ1) is 7.70. The van der Waals surface area contributed by atoms with Crippen molar-refractivity contribution in [2.45, 2.75) is 34.1 Å². The highest BCUT2D eigenvalue weighted by Gasteiger charge is 2.28. The highest BCUT2D eigenvalue weighted by atomic mass is 16.4. The van der Waals surface area contributed by atoms with Crippen molar-refractivity contribution in [3.63, 3.8) is 0 Å². The quantitative estimate of drug-likeness (QED) is 0.618. The molecule has 4 N–H and O–H groups in total. The molecule has 0 bridgehead atoms. The summed E-state index contributed by atoms with van der Waals surface area (Å²) in [5, 5.41) is 11.6. The van der Waals surface area contributed by atoms with Gasteiger partial charge < -0.3 is 16.2 Å². The zero-order valence-corrected chi connectivity index (χ0v) is 11.1. The molecule has 1 unspecified atom stereocenters. The lowest BCUT2D eigenvalue weighted by Gasteiger charge is -2.22. The van der Waals surface area contributed by atoms with E-state index in [9.17, 15) is 9.59 Å². The molecule has 100 valence electrons. The van der Waals surface area contributed by atoms with Gasteiger partial charge in [0.25, 0.3) is 0 Å². The third kappa shape index (κ3) is 5.68. The fourth-order valence-electron chi connectivity index (χ4n) is 1.41. The van der Waals surface area contributed by atoms with Crippen molar-refractivity contribution in [3.8, 4) is 0 Å². The molecule has 17 heavy (non-hydrogen) atoms. The first-order valence-electron chi connectivity index (χ1n) is 5.92. The van der Waals surface area contributed by atoms with Crippen LogP contribution in [-0.2, 0) is 9.59 Å². The molecule has 1 atom stereocenters. The molecule has 0 heterocycles. The van der Waals surface area contributed by atoms with E-state index >= 15 is 0 Å².